The summed E-state index contributed by atoms with van der Waals surface area (Å²) >= 11 is 5.92. The van der Waals surface area contributed by atoms with Crippen LogP contribution in [0.25, 0.3) is 0 Å². The molecule has 0 unspecified atom stereocenters. The first-order chi connectivity index (χ1) is 16.7. The first-order valence-electron chi connectivity index (χ1n) is 11.1. The molecular formula is C26H28ClN3O4S. The monoisotopic (exact) mass is 513 g/mol. The zero-order valence-corrected chi connectivity index (χ0v) is 21.4. The molecule has 0 aliphatic rings. The number of sulfonamides is 1. The van der Waals surface area contributed by atoms with Crippen molar-refractivity contribution in [3.05, 3.63) is 88.9 Å². The number of nitrogens with zero attached hydrogens (tertiary/aromatic N) is 2. The van der Waals surface area contributed by atoms with Gasteiger partial charge in [-0.25, -0.2) is 13.8 Å². The minimum atomic E-state index is -4.06. The molecule has 0 atom stereocenters. The van der Waals surface area contributed by atoms with E-state index in [4.69, 9.17) is 16.3 Å². The second kappa shape index (κ2) is 11.9. The molecule has 0 aromatic heterocycles. The fraction of sp³-hybridized carbons (Fsp3) is 0.231. The van der Waals surface area contributed by atoms with E-state index in [0.717, 1.165) is 9.87 Å². The molecule has 0 heterocycles. The number of carbonyl (C=O) groups is 1. The molecule has 35 heavy (non-hydrogen) atoms. The highest BCUT2D eigenvalue weighted by Crippen LogP contribution is 2.26. The van der Waals surface area contributed by atoms with Gasteiger partial charge in [0.15, 0.2) is 0 Å². The Kier molecular flexibility index (Phi) is 8.89. The lowest BCUT2D eigenvalue weighted by molar-refractivity contribution is -0.119. The molecule has 0 saturated carbocycles. The van der Waals surface area contributed by atoms with E-state index in [9.17, 15) is 13.2 Å². The molecule has 184 valence electrons. The molecule has 1 amide bonds. The third-order valence-corrected chi connectivity index (χ3v) is 7.17. The Hall–Kier alpha value is -3.36. The smallest absolute Gasteiger partial charge is 0.264 e. The topological polar surface area (TPSA) is 88.1 Å². The Balaban J connectivity index is 1.80. The number of halogens is 1. The van der Waals surface area contributed by atoms with Crippen LogP contribution in [0.5, 0.6) is 5.75 Å². The normalized spacial score (nSPS) is 11.6. The summed E-state index contributed by atoms with van der Waals surface area (Å²) in [5.74, 6) is 0.418. The maximum atomic E-state index is 13.4. The highest BCUT2D eigenvalue weighted by atomic mass is 35.5. The highest BCUT2D eigenvalue weighted by Gasteiger charge is 2.27. The average Bonchev–Trinajstić information content (AvgIpc) is 2.84. The van der Waals surface area contributed by atoms with Gasteiger partial charge in [-0.1, -0.05) is 49.7 Å². The van der Waals surface area contributed by atoms with Crippen molar-refractivity contribution in [1.82, 2.24) is 5.43 Å². The summed E-state index contributed by atoms with van der Waals surface area (Å²) in [5.41, 5.74) is 4.73. The van der Waals surface area contributed by atoms with Crippen LogP contribution in [0.3, 0.4) is 0 Å². The summed E-state index contributed by atoms with van der Waals surface area (Å²) in [6, 6.07) is 20.1. The summed E-state index contributed by atoms with van der Waals surface area (Å²) in [4.78, 5) is 12.7. The van der Waals surface area contributed by atoms with Crippen LogP contribution >= 0.6 is 11.6 Å². The van der Waals surface area contributed by atoms with Crippen molar-refractivity contribution in [2.75, 3.05) is 17.5 Å². The van der Waals surface area contributed by atoms with Crippen molar-refractivity contribution in [2.24, 2.45) is 5.10 Å². The summed E-state index contributed by atoms with van der Waals surface area (Å²) in [6.07, 6.45) is 1.51. The van der Waals surface area contributed by atoms with Crippen LogP contribution in [-0.2, 0) is 14.8 Å². The molecule has 0 aliphatic heterocycles. The summed E-state index contributed by atoms with van der Waals surface area (Å²) in [5, 5.41) is 4.39. The van der Waals surface area contributed by atoms with Crippen molar-refractivity contribution >= 4 is 39.4 Å². The number of amides is 1. The first-order valence-corrected chi connectivity index (χ1v) is 13.0. The number of hydrazone groups is 1. The molecule has 0 radical (unpaired) electrons. The minimum Gasteiger partial charge on any atom is -0.494 e. The van der Waals surface area contributed by atoms with E-state index in [-0.39, 0.29) is 4.90 Å². The Labute approximate surface area is 211 Å². The molecule has 0 saturated heterocycles. The van der Waals surface area contributed by atoms with Crippen LogP contribution in [0, 0.1) is 0 Å². The number of hydrogen-bond acceptors (Lipinski definition) is 5. The third-order valence-electron chi connectivity index (χ3n) is 5.13. The number of rotatable bonds is 10. The van der Waals surface area contributed by atoms with Gasteiger partial charge in [-0.15, -0.1) is 0 Å². The predicted molar refractivity (Wildman–Crippen MR) is 140 cm³/mol. The molecule has 7 nitrogen and oxygen atoms in total. The first kappa shape index (κ1) is 26.2. The van der Waals surface area contributed by atoms with Crippen molar-refractivity contribution in [2.45, 2.75) is 31.6 Å². The maximum Gasteiger partial charge on any atom is 0.264 e. The Bertz CT molecular complexity index is 1260. The zero-order valence-electron chi connectivity index (χ0n) is 19.8. The standard InChI is InChI=1S/C26H28ClN3O4S/c1-4-34-24-13-11-23(12-14-24)30(35(32,33)25-15-9-22(27)10-16-25)18-26(31)29-28-17-20-5-7-21(8-6-20)19(2)3/h5-17,19H,4,18H2,1-3H3,(H,29,31)/b28-17-. The van der Waals surface area contributed by atoms with E-state index in [0.29, 0.717) is 29.0 Å². The maximum absolute atomic E-state index is 13.4. The Morgan fingerprint density at radius 1 is 1.03 bits per heavy atom. The predicted octanol–water partition coefficient (Wildman–Crippen LogP) is 5.21. The van der Waals surface area contributed by atoms with Gasteiger partial charge < -0.3 is 4.74 Å². The van der Waals surface area contributed by atoms with Gasteiger partial charge in [0.2, 0.25) is 0 Å². The van der Waals surface area contributed by atoms with E-state index in [1.165, 1.54) is 36.0 Å². The number of ether oxygens (including phenoxy) is 1. The van der Waals surface area contributed by atoms with Gasteiger partial charge >= 0.3 is 0 Å². The van der Waals surface area contributed by atoms with Gasteiger partial charge in [0, 0.05) is 5.02 Å². The van der Waals surface area contributed by atoms with Crippen LogP contribution in [0.1, 0.15) is 37.8 Å². The van der Waals surface area contributed by atoms with Gasteiger partial charge in [0.1, 0.15) is 12.3 Å². The number of carbonyl (C=O) groups excluding carboxylic acids is 1. The summed E-state index contributed by atoms with van der Waals surface area (Å²) < 4.78 is 33.3. The van der Waals surface area contributed by atoms with E-state index in [1.54, 1.807) is 24.3 Å². The summed E-state index contributed by atoms with van der Waals surface area (Å²) in [7, 11) is -4.06. The number of hydrogen-bond donors (Lipinski definition) is 1. The third kappa shape index (κ3) is 7.07. The molecule has 9 heteroatoms. The molecule has 0 bridgehead atoms. The second-order valence-electron chi connectivity index (χ2n) is 8.01. The van der Waals surface area contributed by atoms with Gasteiger partial charge in [-0.05, 0) is 72.5 Å². The molecule has 1 N–H and O–H groups in total. The number of anilines is 1. The van der Waals surface area contributed by atoms with Crippen molar-refractivity contribution in [3.8, 4) is 5.75 Å². The van der Waals surface area contributed by atoms with Gasteiger partial charge in [-0.3, -0.25) is 9.10 Å². The lowest BCUT2D eigenvalue weighted by Crippen LogP contribution is -2.39. The molecule has 3 rings (SSSR count). The lowest BCUT2D eigenvalue weighted by Gasteiger charge is -2.24. The molecule has 3 aromatic carbocycles. The van der Waals surface area contributed by atoms with Crippen LogP contribution in [0.2, 0.25) is 5.02 Å². The largest absolute Gasteiger partial charge is 0.494 e. The van der Waals surface area contributed by atoms with Crippen LogP contribution < -0.4 is 14.5 Å². The fourth-order valence-electron chi connectivity index (χ4n) is 3.24. The molecular weight excluding hydrogens is 486 g/mol. The number of nitrogens with one attached hydrogen (secondary N) is 1. The van der Waals surface area contributed by atoms with E-state index < -0.39 is 22.5 Å². The van der Waals surface area contributed by atoms with Gasteiger partial charge in [0.05, 0.1) is 23.4 Å². The summed E-state index contributed by atoms with van der Waals surface area (Å²) in [6.45, 7) is 6.08. The van der Waals surface area contributed by atoms with Crippen LogP contribution in [-0.4, -0.2) is 33.7 Å². The molecule has 0 aliphatic carbocycles. The number of benzene rings is 3. The van der Waals surface area contributed by atoms with E-state index in [1.807, 2.05) is 31.2 Å². The average molecular weight is 514 g/mol. The molecule has 0 fully saturated rings. The molecule has 0 spiro atoms. The lowest BCUT2D eigenvalue weighted by atomic mass is 10.0. The highest BCUT2D eigenvalue weighted by molar-refractivity contribution is 7.92. The van der Waals surface area contributed by atoms with Crippen molar-refractivity contribution < 1.29 is 17.9 Å². The van der Waals surface area contributed by atoms with Crippen LogP contribution in [0.4, 0.5) is 5.69 Å². The Morgan fingerprint density at radius 3 is 2.23 bits per heavy atom. The van der Waals surface area contributed by atoms with Crippen molar-refractivity contribution in [3.63, 3.8) is 0 Å². The van der Waals surface area contributed by atoms with Gasteiger partial charge in [0.25, 0.3) is 15.9 Å². The van der Waals surface area contributed by atoms with Gasteiger partial charge in [-0.2, -0.15) is 5.10 Å². The van der Waals surface area contributed by atoms with E-state index in [2.05, 4.69) is 24.4 Å². The minimum absolute atomic E-state index is 0.0114. The zero-order chi connectivity index (χ0) is 25.4. The van der Waals surface area contributed by atoms with Crippen molar-refractivity contribution in [1.29, 1.82) is 0 Å². The fourth-order valence-corrected chi connectivity index (χ4v) is 4.78. The Morgan fingerprint density at radius 2 is 1.66 bits per heavy atom. The van der Waals surface area contributed by atoms with E-state index >= 15 is 0 Å². The molecule has 3 aromatic rings. The SMILES string of the molecule is CCOc1ccc(N(CC(=O)N/N=C\c2ccc(C(C)C)cc2)S(=O)(=O)c2ccc(Cl)cc2)cc1. The quantitative estimate of drug-likeness (QED) is 0.298. The second-order valence-corrected chi connectivity index (χ2v) is 10.3. The van der Waals surface area contributed by atoms with Crippen LogP contribution in [0.15, 0.2) is 82.8 Å².